The number of morpholine rings is 3. The van der Waals surface area contributed by atoms with Gasteiger partial charge in [0.05, 0.1) is 84.5 Å². The Morgan fingerprint density at radius 3 is 1.40 bits per heavy atom. The van der Waals surface area contributed by atoms with Crippen molar-refractivity contribution in [1.82, 2.24) is 28.7 Å². The molecule has 0 bridgehead atoms. The molecule has 3 saturated heterocycles. The van der Waals surface area contributed by atoms with Crippen LogP contribution in [0.1, 0.15) is 160 Å². The molecule has 18 rings (SSSR count). The summed E-state index contributed by atoms with van der Waals surface area (Å²) in [6, 6.07) is 32.5. The summed E-state index contributed by atoms with van der Waals surface area (Å²) in [7, 11) is 3.34. The van der Waals surface area contributed by atoms with Gasteiger partial charge in [0.15, 0.2) is 69.2 Å². The van der Waals surface area contributed by atoms with E-state index in [9.17, 15) is 55.8 Å². The molecule has 3 aromatic heterocycles. The first-order valence-electron chi connectivity index (χ1n) is 39.8. The van der Waals surface area contributed by atoms with E-state index in [0.717, 1.165) is 88.1 Å². The molecule has 36 heteroatoms. The molecule has 0 spiro atoms. The number of halogens is 8. The van der Waals surface area contributed by atoms with Gasteiger partial charge < -0.3 is 53.7 Å². The van der Waals surface area contributed by atoms with Crippen LogP contribution < -0.4 is 45.9 Å². The van der Waals surface area contributed by atoms with Crippen LogP contribution in [-0.2, 0) is 31.5 Å². The van der Waals surface area contributed by atoms with Crippen LogP contribution in [0.4, 0.5) is 30.7 Å². The summed E-state index contributed by atoms with van der Waals surface area (Å²) in [6.07, 6.45) is 7.46. The average molecular weight is 1810 g/mol. The van der Waals surface area contributed by atoms with Crippen LogP contribution in [0.3, 0.4) is 0 Å². The summed E-state index contributed by atoms with van der Waals surface area (Å²) in [4.78, 5) is 86.5. The van der Waals surface area contributed by atoms with Crippen LogP contribution in [-0.4, -0.2) is 164 Å². The number of aliphatic hydroxyl groups is 1. The third-order valence-electron chi connectivity index (χ3n) is 21.4. The van der Waals surface area contributed by atoms with Gasteiger partial charge in [-0.1, -0.05) is 113 Å². The van der Waals surface area contributed by atoms with Crippen LogP contribution in [0.2, 0.25) is 0 Å². The van der Waals surface area contributed by atoms with Gasteiger partial charge in [-0.05, 0) is 105 Å². The number of alkyl halides is 1. The molecule has 3 amide bonds. The quantitative estimate of drug-likeness (QED) is 0.0397. The van der Waals surface area contributed by atoms with Crippen molar-refractivity contribution in [2.24, 2.45) is 4.30 Å². The molecule has 6 aromatic carbocycles. The predicted molar refractivity (Wildman–Crippen MR) is 453 cm³/mol. The number of rotatable bonds is 14. The number of amides is 3. The monoisotopic (exact) mass is 1810 g/mol. The number of thioether (sulfide) groups is 3. The number of unbranched alkanes of at least 4 members (excludes halogenated alkanes) is 3. The molecule has 12 heterocycles. The number of nitrogens with zero attached hydrogens (tertiary/aromatic N) is 9. The molecule has 1 radical (unpaired) electrons. The van der Waals surface area contributed by atoms with Crippen molar-refractivity contribution in [2.75, 3.05) is 102 Å². The number of ether oxygens (including phenoxy) is 6. The van der Waals surface area contributed by atoms with Gasteiger partial charge in [0.25, 0.3) is 17.7 Å². The van der Waals surface area contributed by atoms with E-state index >= 15 is 8.78 Å². The second-order valence-electron chi connectivity index (χ2n) is 28.5. The Bertz CT molecular complexity index is 5560. The Hall–Kier alpha value is -9.53. The third kappa shape index (κ3) is 18.2. The van der Waals surface area contributed by atoms with Crippen molar-refractivity contribution < 1.29 is 80.0 Å². The number of nitrogens with one attached hydrogen (secondary N) is 1. The minimum atomic E-state index is -1.00. The molecule has 121 heavy (non-hydrogen) atoms. The first-order chi connectivity index (χ1) is 59.2. The number of fused-ring (bicyclic) bond motifs is 12. The topological polar surface area (TPSA) is 233 Å². The van der Waals surface area contributed by atoms with E-state index < -0.39 is 78.0 Å². The Morgan fingerprint density at radius 2 is 0.917 bits per heavy atom. The number of aromatic nitrogens is 3. The fourth-order valence-electron chi connectivity index (χ4n) is 15.6. The fraction of sp³-hybridized carbons (Fsp3) is 0.365. The SMILES string of the molecule is CCCCOc1c2n(cc(Br)c1=O)N(C1c3ccccc3SCc3c1ccc(F)c3F)C1COCCN1C2=O.CCCCOc1c2n(ccc1=O)N(C1c3ccccc3SCc3c1ccc(F)c3F)C1COCCN1C2=O.CCCCOc1c2n(ccc1=O)NC1COCCN1C2=O.OC1c2ccccc2SCc2c1ccc(F)c2F.[2H]CF.[B]=NS. The molecule has 23 nitrogen and oxygen atoms in total. The molecular weight excluding hydrogens is 1720 g/mol. The number of carbonyl (C=O) groups excluding carboxylic acids is 3. The Balaban J connectivity index is 0.000000143. The summed E-state index contributed by atoms with van der Waals surface area (Å²) in [5.41, 5.74) is 7.56. The summed E-state index contributed by atoms with van der Waals surface area (Å²) < 4.78 is 144. The maximum absolute atomic E-state index is 15.3. The van der Waals surface area contributed by atoms with Gasteiger partial charge in [0.1, 0.15) is 24.6 Å². The number of thiol groups is 1. The second-order valence-corrected chi connectivity index (χ2v) is 32.7. The standard InChI is InChI=1S/C28H26BrF2N3O4S.C28H27F2N3O4S.C14H10F2OS.C14H19N3O4.CH3F.BHNS/c1-2-3-11-38-27-25-28(36)32-10-12-37-14-22(32)34(33(25)13-19(29)26(27)35)24-16-8-9-20(30)23(31)18(16)15-39-21-7-5-4-6-17(21)24;1-2-3-13-37-27-21(34)10-11-32-26(27)28(35)31-12-14-36-15-23(31)33(32)25-17-8-9-20(29)24(30)19(17)16-38-22-7-5-4-6-18(22)25;15-11-6-5-8-10(13(11)16)7-18-12-4-2-1-3-9(12)14(8)17;1-2-3-7-21-13-10(18)4-5-17-12(13)14(19)16-6-8-20-9-11(16)15-17;1-2;1-2-3/h4-9,13,22,24H,2-3,10-12,14-15H2,1H3;4-11,23,25H,2-3,12-16H2,1H3;1-6,14,17H,7H2;4-5,11,15H,2-3,6-9H2,1H3;1H3;3H/i;;;;1D;. The van der Waals surface area contributed by atoms with Crippen molar-refractivity contribution in [1.29, 1.82) is 0 Å². The summed E-state index contributed by atoms with van der Waals surface area (Å²) in [6.45, 7) is 10.3. The minimum absolute atomic E-state index is 0.00249. The van der Waals surface area contributed by atoms with Crippen molar-refractivity contribution in [3.05, 3.63) is 277 Å². The summed E-state index contributed by atoms with van der Waals surface area (Å²) >= 11 is 10.9. The van der Waals surface area contributed by atoms with Crippen molar-refractivity contribution in [3.63, 3.8) is 0 Å². The molecule has 3 fully saturated rings. The first-order valence-corrected chi connectivity index (χ1v) is 43.3. The average Bonchev–Trinajstić information content (AvgIpc) is 1.10. The van der Waals surface area contributed by atoms with Gasteiger partial charge >= 0.3 is 24.8 Å². The van der Waals surface area contributed by atoms with Crippen molar-refractivity contribution in [3.8, 4) is 17.2 Å². The summed E-state index contributed by atoms with van der Waals surface area (Å²) in [5, 5.41) is 14.2. The molecule has 0 saturated carbocycles. The Morgan fingerprint density at radius 1 is 0.529 bits per heavy atom. The zero-order valence-electron chi connectivity index (χ0n) is 66.9. The van der Waals surface area contributed by atoms with Crippen LogP contribution in [0.25, 0.3) is 0 Å². The van der Waals surface area contributed by atoms with Crippen LogP contribution in [0.5, 0.6) is 17.2 Å². The molecule has 6 unspecified atom stereocenters. The molecule has 637 valence electrons. The van der Waals surface area contributed by atoms with Gasteiger partial charge in [-0.15, -0.1) is 35.3 Å². The maximum atomic E-state index is 15.3. The normalized spacial score (nSPS) is 19.3. The zero-order valence-corrected chi connectivity index (χ0v) is 70.9. The second kappa shape index (κ2) is 40.6. The Kier molecular flexibility index (Phi) is 29.5. The van der Waals surface area contributed by atoms with E-state index in [2.05, 4.69) is 46.1 Å². The van der Waals surface area contributed by atoms with E-state index in [1.165, 1.54) is 53.5 Å². The van der Waals surface area contributed by atoms with E-state index in [-0.39, 0.29) is 122 Å². The van der Waals surface area contributed by atoms with E-state index in [4.69, 9.17) is 29.8 Å². The molecule has 9 aromatic rings. The van der Waals surface area contributed by atoms with E-state index in [0.29, 0.717) is 81.7 Å². The zero-order chi connectivity index (χ0) is 86.6. The Labute approximate surface area is 721 Å². The molecule has 2 N–H and O–H groups in total. The molecule has 6 atom stereocenters. The van der Waals surface area contributed by atoms with Crippen molar-refractivity contribution in [2.45, 2.75) is 128 Å². The molecule has 9 aliphatic rings. The number of aliphatic hydroxyl groups excluding tert-OH is 1. The van der Waals surface area contributed by atoms with Gasteiger partial charge in [0, 0.05) is 99.0 Å². The number of benzene rings is 6. The van der Waals surface area contributed by atoms with Crippen LogP contribution >= 0.6 is 64.0 Å². The fourth-order valence-corrected chi connectivity index (χ4v) is 19.3. The van der Waals surface area contributed by atoms with Crippen LogP contribution in [0, 0.1) is 34.9 Å². The van der Waals surface area contributed by atoms with Gasteiger partial charge in [-0.3, -0.25) is 57.2 Å². The molecule has 9 aliphatic heterocycles. The number of hydrogen-bond donors (Lipinski definition) is 3. The number of pyridine rings is 3. The van der Waals surface area contributed by atoms with Gasteiger partial charge in [-0.25, -0.2) is 26.3 Å². The summed E-state index contributed by atoms with van der Waals surface area (Å²) in [5.74, 6) is -5.20. The van der Waals surface area contributed by atoms with Gasteiger partial charge in [0.2, 0.25) is 16.3 Å². The van der Waals surface area contributed by atoms with E-state index in [1.54, 1.807) is 59.5 Å². The molecule has 0 aliphatic carbocycles. The third-order valence-corrected chi connectivity index (χ3v) is 25.3. The first kappa shape index (κ1) is 87.8. The molecular formula is C85H86BBrF7N10O13S4. The van der Waals surface area contributed by atoms with Crippen molar-refractivity contribution >= 4 is 89.4 Å². The van der Waals surface area contributed by atoms with Crippen LogP contribution in [0.15, 0.2) is 178 Å². The number of hydrogen-bond acceptors (Lipinski definition) is 21. The van der Waals surface area contributed by atoms with E-state index in [1.807, 2.05) is 104 Å². The van der Waals surface area contributed by atoms with Gasteiger partial charge in [-0.2, -0.15) is 0 Å². The number of carbonyl (C=O) groups is 3. The predicted octanol–water partition coefficient (Wildman–Crippen LogP) is 14.5.